The van der Waals surface area contributed by atoms with Crippen LogP contribution in [0, 0.1) is 6.92 Å². The summed E-state index contributed by atoms with van der Waals surface area (Å²) in [5.41, 5.74) is 8.05. The average Bonchev–Trinajstić information content (AvgIpc) is 2.76. The van der Waals surface area contributed by atoms with Gasteiger partial charge in [-0.3, -0.25) is 4.79 Å². The van der Waals surface area contributed by atoms with Gasteiger partial charge in [0, 0.05) is 11.7 Å². The standard InChI is InChI=1S/C14H16N2O2/c1-9(15)11-5-3-4-6-13(11)16-14(17)12-7-8-18-10(12)2/h3-9H,15H2,1-2H3,(H,16,17). The van der Waals surface area contributed by atoms with Crippen LogP contribution in [0.5, 0.6) is 0 Å². The van der Waals surface area contributed by atoms with Crippen molar-refractivity contribution >= 4 is 11.6 Å². The molecule has 1 unspecified atom stereocenters. The number of para-hydroxylation sites is 1. The van der Waals surface area contributed by atoms with Crippen molar-refractivity contribution in [2.24, 2.45) is 5.73 Å². The zero-order valence-corrected chi connectivity index (χ0v) is 10.4. The molecule has 3 N–H and O–H groups in total. The number of benzene rings is 1. The Morgan fingerprint density at radius 2 is 2.06 bits per heavy atom. The van der Waals surface area contributed by atoms with E-state index >= 15 is 0 Å². The van der Waals surface area contributed by atoms with Gasteiger partial charge >= 0.3 is 0 Å². The molecule has 0 aliphatic carbocycles. The van der Waals surface area contributed by atoms with Gasteiger partial charge in [-0.1, -0.05) is 18.2 Å². The average molecular weight is 244 g/mol. The second-order valence-corrected chi connectivity index (χ2v) is 4.22. The summed E-state index contributed by atoms with van der Waals surface area (Å²) in [6, 6.07) is 9.03. The van der Waals surface area contributed by atoms with Gasteiger partial charge in [0.25, 0.3) is 5.91 Å². The summed E-state index contributed by atoms with van der Waals surface area (Å²) in [7, 11) is 0. The van der Waals surface area contributed by atoms with E-state index in [9.17, 15) is 4.79 Å². The summed E-state index contributed by atoms with van der Waals surface area (Å²) in [5.74, 6) is 0.417. The second kappa shape index (κ2) is 5.06. The minimum absolute atomic E-state index is 0.132. The Kier molecular flexibility index (Phi) is 3.48. The van der Waals surface area contributed by atoms with E-state index in [1.54, 1.807) is 13.0 Å². The number of carbonyl (C=O) groups excluding carboxylic acids is 1. The third-order valence-electron chi connectivity index (χ3n) is 2.80. The van der Waals surface area contributed by atoms with Gasteiger partial charge in [0.15, 0.2) is 0 Å². The lowest BCUT2D eigenvalue weighted by Crippen LogP contribution is -2.16. The maximum Gasteiger partial charge on any atom is 0.259 e. The van der Waals surface area contributed by atoms with Gasteiger partial charge < -0.3 is 15.5 Å². The van der Waals surface area contributed by atoms with E-state index < -0.39 is 0 Å². The number of furan rings is 1. The smallest absolute Gasteiger partial charge is 0.259 e. The molecule has 4 nitrogen and oxygen atoms in total. The summed E-state index contributed by atoms with van der Waals surface area (Å²) < 4.78 is 5.12. The van der Waals surface area contributed by atoms with Gasteiger partial charge in [-0.2, -0.15) is 0 Å². The van der Waals surface area contributed by atoms with Crippen LogP contribution in [0.1, 0.15) is 34.6 Å². The van der Waals surface area contributed by atoms with Crippen LogP contribution >= 0.6 is 0 Å². The fourth-order valence-electron chi connectivity index (χ4n) is 1.82. The zero-order chi connectivity index (χ0) is 13.1. The molecule has 1 atom stereocenters. The predicted molar refractivity (Wildman–Crippen MR) is 70.4 cm³/mol. The molecular weight excluding hydrogens is 228 g/mol. The molecule has 0 saturated heterocycles. The molecule has 2 aromatic rings. The van der Waals surface area contributed by atoms with Gasteiger partial charge in [0.1, 0.15) is 5.76 Å². The number of hydrogen-bond acceptors (Lipinski definition) is 3. The van der Waals surface area contributed by atoms with Crippen molar-refractivity contribution in [1.29, 1.82) is 0 Å². The number of nitrogens with two attached hydrogens (primary N) is 1. The highest BCUT2D eigenvalue weighted by Crippen LogP contribution is 2.22. The Hall–Kier alpha value is -2.07. The molecule has 0 aliphatic rings. The highest BCUT2D eigenvalue weighted by Gasteiger charge is 2.14. The first-order valence-corrected chi connectivity index (χ1v) is 5.79. The van der Waals surface area contributed by atoms with Gasteiger partial charge in [-0.05, 0) is 31.5 Å². The van der Waals surface area contributed by atoms with Crippen LogP contribution in [0.25, 0.3) is 0 Å². The van der Waals surface area contributed by atoms with Crippen LogP contribution < -0.4 is 11.1 Å². The van der Waals surface area contributed by atoms with Crippen molar-refractivity contribution in [1.82, 2.24) is 0 Å². The number of anilines is 1. The van der Waals surface area contributed by atoms with E-state index in [2.05, 4.69) is 5.32 Å². The SMILES string of the molecule is Cc1occc1C(=O)Nc1ccccc1C(C)N. The number of rotatable bonds is 3. The highest BCUT2D eigenvalue weighted by molar-refractivity contribution is 6.05. The molecule has 18 heavy (non-hydrogen) atoms. The normalized spacial score (nSPS) is 12.2. The summed E-state index contributed by atoms with van der Waals surface area (Å²) in [4.78, 5) is 12.1. The molecule has 1 heterocycles. The van der Waals surface area contributed by atoms with E-state index in [1.807, 2.05) is 31.2 Å². The van der Waals surface area contributed by atoms with Gasteiger partial charge in [0.05, 0.1) is 11.8 Å². The largest absolute Gasteiger partial charge is 0.469 e. The van der Waals surface area contributed by atoms with Crippen molar-refractivity contribution < 1.29 is 9.21 Å². The van der Waals surface area contributed by atoms with Crippen LogP contribution in [-0.4, -0.2) is 5.91 Å². The first-order valence-electron chi connectivity index (χ1n) is 5.79. The molecule has 0 fully saturated rings. The zero-order valence-electron chi connectivity index (χ0n) is 10.4. The van der Waals surface area contributed by atoms with Crippen LogP contribution in [0.2, 0.25) is 0 Å². The first-order chi connectivity index (χ1) is 8.59. The van der Waals surface area contributed by atoms with E-state index in [1.165, 1.54) is 6.26 Å². The molecule has 2 rings (SSSR count). The molecule has 0 aliphatic heterocycles. The minimum atomic E-state index is -0.186. The third kappa shape index (κ3) is 2.43. The second-order valence-electron chi connectivity index (χ2n) is 4.22. The lowest BCUT2D eigenvalue weighted by Gasteiger charge is -2.13. The Balaban J connectivity index is 2.25. The van der Waals surface area contributed by atoms with Gasteiger partial charge in [-0.15, -0.1) is 0 Å². The lowest BCUT2D eigenvalue weighted by molar-refractivity contribution is 0.102. The Morgan fingerprint density at radius 3 is 2.67 bits per heavy atom. The summed E-state index contributed by atoms with van der Waals surface area (Å²) in [6.07, 6.45) is 1.50. The fraction of sp³-hybridized carbons (Fsp3) is 0.214. The fourth-order valence-corrected chi connectivity index (χ4v) is 1.82. The van der Waals surface area contributed by atoms with Crippen molar-refractivity contribution in [3.63, 3.8) is 0 Å². The molecule has 1 amide bonds. The Bertz CT molecular complexity index is 558. The lowest BCUT2D eigenvalue weighted by atomic mass is 10.1. The monoisotopic (exact) mass is 244 g/mol. The minimum Gasteiger partial charge on any atom is -0.469 e. The van der Waals surface area contributed by atoms with E-state index in [-0.39, 0.29) is 11.9 Å². The molecule has 0 saturated carbocycles. The molecule has 1 aromatic heterocycles. The Morgan fingerprint density at radius 1 is 1.33 bits per heavy atom. The first kappa shape index (κ1) is 12.4. The van der Waals surface area contributed by atoms with Crippen LogP contribution in [0.3, 0.4) is 0 Å². The summed E-state index contributed by atoms with van der Waals surface area (Å²) in [5, 5.41) is 2.86. The molecule has 0 radical (unpaired) electrons. The molecule has 0 spiro atoms. The molecule has 4 heteroatoms. The quantitative estimate of drug-likeness (QED) is 0.872. The molecular formula is C14H16N2O2. The number of hydrogen-bond donors (Lipinski definition) is 2. The van der Waals surface area contributed by atoms with Gasteiger partial charge in [0.2, 0.25) is 0 Å². The van der Waals surface area contributed by atoms with Crippen LogP contribution in [0.15, 0.2) is 41.0 Å². The molecule has 1 aromatic carbocycles. The van der Waals surface area contributed by atoms with Crippen molar-refractivity contribution in [2.45, 2.75) is 19.9 Å². The third-order valence-corrected chi connectivity index (χ3v) is 2.80. The highest BCUT2D eigenvalue weighted by atomic mass is 16.3. The number of nitrogens with one attached hydrogen (secondary N) is 1. The topological polar surface area (TPSA) is 68.3 Å². The molecule has 0 bridgehead atoms. The van der Waals surface area contributed by atoms with E-state index in [0.717, 1.165) is 11.3 Å². The van der Waals surface area contributed by atoms with E-state index in [4.69, 9.17) is 10.2 Å². The maximum atomic E-state index is 12.1. The predicted octanol–water partition coefficient (Wildman–Crippen LogP) is 2.86. The van der Waals surface area contributed by atoms with Crippen molar-refractivity contribution in [3.05, 3.63) is 53.5 Å². The van der Waals surface area contributed by atoms with Crippen LogP contribution in [-0.2, 0) is 0 Å². The Labute approximate surface area is 106 Å². The van der Waals surface area contributed by atoms with Crippen molar-refractivity contribution in [2.75, 3.05) is 5.32 Å². The summed E-state index contributed by atoms with van der Waals surface area (Å²) >= 11 is 0. The summed E-state index contributed by atoms with van der Waals surface area (Å²) in [6.45, 7) is 3.64. The maximum absolute atomic E-state index is 12.1. The van der Waals surface area contributed by atoms with Crippen molar-refractivity contribution in [3.8, 4) is 0 Å². The number of carbonyl (C=O) groups is 1. The molecule has 94 valence electrons. The van der Waals surface area contributed by atoms with E-state index in [0.29, 0.717) is 11.3 Å². The number of aryl methyl sites for hydroxylation is 1. The number of amides is 1. The van der Waals surface area contributed by atoms with Gasteiger partial charge in [-0.25, -0.2) is 0 Å². The van der Waals surface area contributed by atoms with Crippen LogP contribution in [0.4, 0.5) is 5.69 Å².